The average molecular weight is 646 g/mol. The van der Waals surface area contributed by atoms with Crippen molar-refractivity contribution in [2.24, 2.45) is 0 Å². The molecule has 3 saturated heterocycles. The van der Waals surface area contributed by atoms with Crippen LogP contribution in [0.4, 0.5) is 15.3 Å². The smallest absolute Gasteiger partial charge is 0.410 e. The van der Waals surface area contributed by atoms with Crippen molar-refractivity contribution in [3.8, 4) is 5.75 Å². The number of aryl methyl sites for hydroxylation is 1. The van der Waals surface area contributed by atoms with Crippen LogP contribution >= 0.6 is 0 Å². The van der Waals surface area contributed by atoms with E-state index in [0.717, 1.165) is 60.1 Å². The van der Waals surface area contributed by atoms with Crippen LogP contribution in [0.3, 0.4) is 0 Å². The Morgan fingerprint density at radius 2 is 1.68 bits per heavy atom. The second-order valence-corrected chi connectivity index (χ2v) is 13.6. The number of rotatable bonds is 7. The van der Waals surface area contributed by atoms with Gasteiger partial charge >= 0.3 is 12.1 Å². The first-order valence-electron chi connectivity index (χ1n) is 17.3. The van der Waals surface area contributed by atoms with Crippen LogP contribution in [0.2, 0.25) is 6.82 Å². The van der Waals surface area contributed by atoms with Crippen molar-refractivity contribution in [1.82, 2.24) is 19.6 Å². The van der Waals surface area contributed by atoms with E-state index in [1.54, 1.807) is 4.90 Å². The van der Waals surface area contributed by atoms with Gasteiger partial charge < -0.3 is 35.0 Å². The molecule has 1 unspecified atom stereocenters. The number of aromatic hydroxyl groups is 1. The average Bonchev–Trinajstić information content (AvgIpc) is 3.44. The van der Waals surface area contributed by atoms with Crippen molar-refractivity contribution in [1.29, 1.82) is 0 Å². The number of amides is 4. The first-order chi connectivity index (χ1) is 22.7. The Balaban J connectivity index is 1.10. The minimum absolute atomic E-state index is 0.0104. The number of aliphatic hydroxyl groups excluding tert-OH is 1. The molecule has 252 valence electrons. The molecule has 4 aliphatic heterocycles. The molecule has 4 heterocycles. The molecule has 0 spiro atoms. The van der Waals surface area contributed by atoms with E-state index in [2.05, 4.69) is 10.2 Å². The number of urea groups is 1. The minimum Gasteiger partial charge on any atom is -0.508 e. The molecule has 2 atom stereocenters. The van der Waals surface area contributed by atoms with Crippen LogP contribution < -0.4 is 10.8 Å². The van der Waals surface area contributed by atoms with Crippen LogP contribution in [0.5, 0.6) is 5.75 Å². The van der Waals surface area contributed by atoms with Gasteiger partial charge in [0.2, 0.25) is 0 Å². The number of carbonyl (C=O) groups excluding carboxylic acids is 3. The van der Waals surface area contributed by atoms with Crippen molar-refractivity contribution < 1.29 is 29.3 Å². The van der Waals surface area contributed by atoms with Crippen LogP contribution in [0.25, 0.3) is 0 Å². The van der Waals surface area contributed by atoms with Gasteiger partial charge in [0.25, 0.3) is 5.91 Å². The van der Waals surface area contributed by atoms with E-state index < -0.39 is 12.2 Å². The predicted molar refractivity (Wildman–Crippen MR) is 182 cm³/mol. The summed E-state index contributed by atoms with van der Waals surface area (Å²) < 4.78 is 6.05. The number of anilines is 1. The van der Waals surface area contributed by atoms with Crippen LogP contribution in [0, 0.1) is 6.92 Å². The fourth-order valence-corrected chi connectivity index (χ4v) is 7.76. The third-order valence-electron chi connectivity index (χ3n) is 10.6. The fraction of sp³-hybridized carbons (Fsp3) is 0.571. The van der Waals surface area contributed by atoms with Crippen molar-refractivity contribution in [3.05, 3.63) is 53.1 Å². The Morgan fingerprint density at radius 1 is 0.979 bits per heavy atom. The van der Waals surface area contributed by atoms with Gasteiger partial charge in [-0.2, -0.15) is 0 Å². The number of carbonyl (C=O) groups is 3. The molecular formula is C35H48BN5O6. The second-order valence-electron chi connectivity index (χ2n) is 13.6. The summed E-state index contributed by atoms with van der Waals surface area (Å²) in [6.07, 6.45) is 2.91. The first kappa shape index (κ1) is 33.1. The maximum atomic E-state index is 14.0. The van der Waals surface area contributed by atoms with Crippen molar-refractivity contribution in [3.63, 3.8) is 0 Å². The zero-order chi connectivity index (χ0) is 33.1. The number of nitrogens with one attached hydrogen (secondary N) is 1. The van der Waals surface area contributed by atoms with Gasteiger partial charge in [0.05, 0.1) is 6.10 Å². The number of β-amino-alcohol motifs (C(OH)–C–C–N with tert-alkyl or cyclic N) is 1. The summed E-state index contributed by atoms with van der Waals surface area (Å²) in [6, 6.07) is 11.9. The monoisotopic (exact) mass is 645 g/mol. The van der Waals surface area contributed by atoms with Crippen LogP contribution in [0.15, 0.2) is 36.4 Å². The van der Waals surface area contributed by atoms with E-state index in [-0.39, 0.29) is 36.3 Å². The van der Waals surface area contributed by atoms with Gasteiger partial charge in [-0.05, 0) is 73.7 Å². The summed E-state index contributed by atoms with van der Waals surface area (Å²) in [5, 5.41) is 23.5. The number of ether oxygens (including phenoxy) is 1. The van der Waals surface area contributed by atoms with Crippen LogP contribution in [0.1, 0.15) is 48.8 Å². The standard InChI is InChI=1S/C35H48BN5O6/c1-23-19-24(20-29(36-2)32(23)43)21-31(33(44)38-13-8-26(9-14-38)40-17-12-28(42)22-40)47-35(46)39-15-10-27(11-16-39)41-18-7-25-5-3-4-6-30(25)37-34(41)45/h3-6,19-20,26-28,31,36,42-43H,7-18,21-22H2,1-2H3,(H,37,45)/t28?,31-/m1/s1. The molecule has 0 aliphatic carbocycles. The molecule has 2 aromatic carbocycles. The quantitative estimate of drug-likeness (QED) is 0.395. The molecule has 3 N–H and O–H groups in total. The highest BCUT2D eigenvalue weighted by Gasteiger charge is 2.37. The molecule has 0 saturated carbocycles. The van der Waals surface area contributed by atoms with E-state index in [4.69, 9.17) is 4.74 Å². The number of phenolic OH excluding ortho intramolecular Hbond substituents is 1. The zero-order valence-electron chi connectivity index (χ0n) is 27.7. The number of likely N-dealkylation sites (tertiary alicyclic amines) is 3. The maximum Gasteiger partial charge on any atom is 0.410 e. The molecule has 2 aromatic rings. The van der Waals surface area contributed by atoms with E-state index >= 15 is 0 Å². The molecule has 12 heteroatoms. The molecule has 4 amide bonds. The number of fused-ring (bicyclic) bond motifs is 1. The molecule has 3 fully saturated rings. The van der Waals surface area contributed by atoms with Gasteiger partial charge in [0.1, 0.15) is 5.75 Å². The molecule has 6 rings (SSSR count). The number of phenols is 1. The Hall–Kier alpha value is -3.77. The van der Waals surface area contributed by atoms with Crippen LogP contribution in [-0.4, -0.2) is 125 Å². The molecule has 11 nitrogen and oxygen atoms in total. The highest BCUT2D eigenvalue weighted by atomic mass is 16.6. The lowest BCUT2D eigenvalue weighted by atomic mass is 9.71. The van der Waals surface area contributed by atoms with Gasteiger partial charge in [-0.25, -0.2) is 9.59 Å². The molecule has 0 radical (unpaired) electrons. The number of piperidine rings is 2. The van der Waals surface area contributed by atoms with E-state index in [0.29, 0.717) is 65.4 Å². The van der Waals surface area contributed by atoms with Crippen molar-refractivity contribution in [2.75, 3.05) is 51.1 Å². The summed E-state index contributed by atoms with van der Waals surface area (Å²) in [5.41, 5.74) is 4.35. The highest BCUT2D eigenvalue weighted by Crippen LogP contribution is 2.27. The summed E-state index contributed by atoms with van der Waals surface area (Å²) in [6.45, 7) is 8.03. The molecule has 47 heavy (non-hydrogen) atoms. The van der Waals surface area contributed by atoms with Crippen LogP contribution in [-0.2, 0) is 22.4 Å². The minimum atomic E-state index is -0.992. The lowest BCUT2D eigenvalue weighted by Crippen LogP contribution is -2.52. The largest absolute Gasteiger partial charge is 0.508 e. The zero-order valence-corrected chi connectivity index (χ0v) is 27.7. The summed E-state index contributed by atoms with van der Waals surface area (Å²) in [4.78, 5) is 48.4. The number of para-hydroxylation sites is 1. The number of hydrogen-bond acceptors (Lipinski definition) is 7. The van der Waals surface area contributed by atoms with Crippen molar-refractivity contribution >= 4 is 36.5 Å². The third kappa shape index (κ3) is 7.54. The SMILES string of the molecule is CBc1cc(C[C@@H](OC(=O)N2CCC(N3CCc4ccccc4NC3=O)CC2)C(=O)N2CCC(N3CCC(O)C3)CC2)cc(C)c1O. The van der Waals surface area contributed by atoms with E-state index in [9.17, 15) is 24.6 Å². The maximum absolute atomic E-state index is 14.0. The summed E-state index contributed by atoms with van der Waals surface area (Å²) >= 11 is 0. The van der Waals surface area contributed by atoms with Gasteiger partial charge in [-0.1, -0.05) is 37.2 Å². The Bertz CT molecular complexity index is 1460. The van der Waals surface area contributed by atoms with E-state index in [1.807, 2.05) is 59.9 Å². The highest BCUT2D eigenvalue weighted by molar-refractivity contribution is 6.53. The fourth-order valence-electron chi connectivity index (χ4n) is 7.76. The molecule has 0 aromatic heterocycles. The summed E-state index contributed by atoms with van der Waals surface area (Å²) in [5.74, 6) is 0.0628. The lowest BCUT2D eigenvalue weighted by Gasteiger charge is -2.39. The number of benzene rings is 2. The van der Waals surface area contributed by atoms with Gasteiger partial charge in [0.15, 0.2) is 13.4 Å². The molecular weight excluding hydrogens is 597 g/mol. The molecule has 4 aliphatic rings. The Kier molecular flexibility index (Phi) is 10.3. The second kappa shape index (κ2) is 14.6. The number of aliphatic hydroxyl groups is 1. The Labute approximate surface area is 278 Å². The topological polar surface area (TPSA) is 126 Å². The van der Waals surface area contributed by atoms with Gasteiger partial charge in [-0.15, -0.1) is 0 Å². The van der Waals surface area contributed by atoms with Gasteiger partial charge in [0, 0.05) is 70.0 Å². The normalized spacial score (nSPS) is 22.0. The number of nitrogens with zero attached hydrogens (tertiary/aromatic N) is 4. The van der Waals surface area contributed by atoms with E-state index in [1.165, 1.54) is 0 Å². The molecule has 0 bridgehead atoms. The third-order valence-corrected chi connectivity index (χ3v) is 10.6. The van der Waals surface area contributed by atoms with Crippen molar-refractivity contribution in [2.45, 2.75) is 83.0 Å². The number of hydrogen-bond donors (Lipinski definition) is 3. The predicted octanol–water partition coefficient (Wildman–Crippen LogP) is 2.47. The Morgan fingerprint density at radius 3 is 2.38 bits per heavy atom. The summed E-state index contributed by atoms with van der Waals surface area (Å²) in [7, 11) is 0.647. The first-order valence-corrected chi connectivity index (χ1v) is 17.3. The van der Waals surface area contributed by atoms with Gasteiger partial charge in [-0.3, -0.25) is 9.69 Å². The lowest BCUT2D eigenvalue weighted by molar-refractivity contribution is -0.142.